The molecule has 20 heavy (non-hydrogen) atoms. The smallest absolute Gasteiger partial charge is 0.235 e. The van der Waals surface area contributed by atoms with E-state index < -0.39 is 5.78 Å². The normalized spacial score (nSPS) is 15.2. The number of carbonyl (C=O) groups excluding carboxylic acids is 1. The van der Waals surface area contributed by atoms with E-state index in [1.807, 2.05) is 0 Å². The molecule has 0 aliphatic carbocycles. The van der Waals surface area contributed by atoms with E-state index >= 15 is 0 Å². The van der Waals surface area contributed by atoms with Crippen LogP contribution < -0.4 is 4.74 Å². The van der Waals surface area contributed by atoms with Crippen LogP contribution in [0, 0.1) is 0 Å². The van der Waals surface area contributed by atoms with Gasteiger partial charge in [0.05, 0.1) is 0 Å². The summed E-state index contributed by atoms with van der Waals surface area (Å²) in [6, 6.07) is 8.58. The van der Waals surface area contributed by atoms with Gasteiger partial charge in [-0.15, -0.1) is 0 Å². The van der Waals surface area contributed by atoms with Gasteiger partial charge in [-0.25, -0.2) is 0 Å². The Balaban J connectivity index is 2.01. The van der Waals surface area contributed by atoms with Gasteiger partial charge in [-0.3, -0.25) is 4.79 Å². The van der Waals surface area contributed by atoms with Crippen molar-refractivity contribution in [2.24, 2.45) is 0 Å². The summed E-state index contributed by atoms with van der Waals surface area (Å²) in [4.78, 5) is 12.1. The van der Waals surface area contributed by atoms with Crippen molar-refractivity contribution in [1.29, 1.82) is 0 Å². The van der Waals surface area contributed by atoms with Gasteiger partial charge in [0.1, 0.15) is 28.6 Å². The summed E-state index contributed by atoms with van der Waals surface area (Å²) in [5, 5.41) is 28.3. The molecule has 0 amide bonds. The van der Waals surface area contributed by atoms with E-state index in [-0.39, 0.29) is 34.3 Å². The van der Waals surface area contributed by atoms with Gasteiger partial charge in [-0.2, -0.15) is 0 Å². The average molecular weight is 270 g/mol. The van der Waals surface area contributed by atoms with Crippen molar-refractivity contribution in [3.05, 3.63) is 53.3 Å². The number of ketones is 1. The molecule has 3 rings (SSSR count). The lowest BCUT2D eigenvalue weighted by Crippen LogP contribution is -1.98. The van der Waals surface area contributed by atoms with E-state index in [4.69, 9.17) is 4.74 Å². The molecule has 5 nitrogen and oxygen atoms in total. The first-order valence-corrected chi connectivity index (χ1v) is 5.84. The highest BCUT2D eigenvalue weighted by Gasteiger charge is 2.31. The van der Waals surface area contributed by atoms with Gasteiger partial charge in [0, 0.05) is 12.1 Å². The Bertz CT molecular complexity index is 729. The number of benzene rings is 2. The molecule has 0 aromatic heterocycles. The van der Waals surface area contributed by atoms with Crippen LogP contribution in [0.25, 0.3) is 6.08 Å². The van der Waals surface area contributed by atoms with E-state index in [1.165, 1.54) is 24.3 Å². The summed E-state index contributed by atoms with van der Waals surface area (Å²) in [6.07, 6.45) is 1.50. The highest BCUT2D eigenvalue weighted by molar-refractivity contribution is 6.16. The molecule has 0 fully saturated rings. The minimum Gasteiger partial charge on any atom is -0.508 e. The zero-order valence-electron chi connectivity index (χ0n) is 10.2. The molecule has 0 saturated carbocycles. The standard InChI is InChI=1S/C15H10O5/c16-9-3-1-8(2-4-9)5-13-15(19)14-11(18)6-10(17)7-12(14)20-13/h1-7,16-18H/b13-5-. The number of Topliss-reactive ketones (excluding diaryl/α,β-unsaturated/α-hetero) is 1. The van der Waals surface area contributed by atoms with Crippen molar-refractivity contribution < 1.29 is 24.9 Å². The number of aromatic hydroxyl groups is 3. The number of hydrogen-bond donors (Lipinski definition) is 3. The lowest BCUT2D eigenvalue weighted by atomic mass is 10.1. The van der Waals surface area contributed by atoms with Crippen LogP contribution in [0.3, 0.4) is 0 Å². The number of allylic oxidation sites excluding steroid dienone is 1. The Labute approximate surface area is 114 Å². The first-order chi connectivity index (χ1) is 9.54. The maximum Gasteiger partial charge on any atom is 0.235 e. The van der Waals surface area contributed by atoms with Gasteiger partial charge in [-0.1, -0.05) is 12.1 Å². The zero-order valence-corrected chi connectivity index (χ0v) is 10.2. The Morgan fingerprint density at radius 1 is 0.950 bits per heavy atom. The van der Waals surface area contributed by atoms with Crippen molar-refractivity contribution in [3.63, 3.8) is 0 Å². The Morgan fingerprint density at radius 3 is 2.35 bits per heavy atom. The van der Waals surface area contributed by atoms with Crippen molar-refractivity contribution in [1.82, 2.24) is 0 Å². The maximum absolute atomic E-state index is 12.1. The molecular formula is C15H10O5. The van der Waals surface area contributed by atoms with Gasteiger partial charge in [0.2, 0.25) is 5.78 Å². The number of ether oxygens (including phenoxy) is 1. The molecule has 2 aromatic carbocycles. The summed E-state index contributed by atoms with van der Waals surface area (Å²) in [5.74, 6) is -0.662. The second-order valence-corrected chi connectivity index (χ2v) is 4.37. The monoisotopic (exact) mass is 270 g/mol. The van der Waals surface area contributed by atoms with Gasteiger partial charge in [0.25, 0.3) is 0 Å². The molecule has 0 radical (unpaired) electrons. The largest absolute Gasteiger partial charge is 0.508 e. The third-order valence-corrected chi connectivity index (χ3v) is 2.93. The molecule has 100 valence electrons. The third kappa shape index (κ3) is 1.95. The van der Waals surface area contributed by atoms with Crippen LogP contribution in [-0.4, -0.2) is 21.1 Å². The minimum absolute atomic E-state index is 0.0350. The first kappa shape index (κ1) is 12.1. The third-order valence-electron chi connectivity index (χ3n) is 2.93. The second kappa shape index (κ2) is 4.31. The second-order valence-electron chi connectivity index (χ2n) is 4.37. The first-order valence-electron chi connectivity index (χ1n) is 5.84. The molecule has 0 spiro atoms. The number of phenolic OH excluding ortho intramolecular Hbond substituents is 3. The molecule has 1 aliphatic heterocycles. The van der Waals surface area contributed by atoms with Crippen LogP contribution in [0.1, 0.15) is 15.9 Å². The van der Waals surface area contributed by atoms with E-state index in [0.29, 0.717) is 5.56 Å². The Hall–Kier alpha value is -2.95. The highest BCUT2D eigenvalue weighted by atomic mass is 16.5. The molecule has 1 aliphatic rings. The van der Waals surface area contributed by atoms with Gasteiger partial charge in [0.15, 0.2) is 5.76 Å². The molecule has 0 unspecified atom stereocenters. The zero-order chi connectivity index (χ0) is 14.3. The Kier molecular flexibility index (Phi) is 2.61. The average Bonchev–Trinajstić information content (AvgIpc) is 2.69. The van der Waals surface area contributed by atoms with Crippen LogP contribution in [0.4, 0.5) is 0 Å². The fourth-order valence-electron chi connectivity index (χ4n) is 2.00. The molecule has 0 bridgehead atoms. The van der Waals surface area contributed by atoms with Crippen molar-refractivity contribution >= 4 is 11.9 Å². The topological polar surface area (TPSA) is 87.0 Å². The van der Waals surface area contributed by atoms with Crippen LogP contribution in [-0.2, 0) is 0 Å². The van der Waals surface area contributed by atoms with E-state index in [0.717, 1.165) is 6.07 Å². The summed E-state index contributed by atoms with van der Waals surface area (Å²) >= 11 is 0. The van der Waals surface area contributed by atoms with Crippen LogP contribution in [0.15, 0.2) is 42.2 Å². The lowest BCUT2D eigenvalue weighted by Gasteiger charge is -2.00. The summed E-state index contributed by atoms with van der Waals surface area (Å²) in [5.41, 5.74) is 0.704. The van der Waals surface area contributed by atoms with Crippen molar-refractivity contribution in [2.45, 2.75) is 0 Å². The molecule has 2 aromatic rings. The van der Waals surface area contributed by atoms with Crippen molar-refractivity contribution in [3.8, 4) is 23.0 Å². The SMILES string of the molecule is O=C1/C(=C/c2ccc(O)cc2)Oc2cc(O)cc(O)c21. The van der Waals surface area contributed by atoms with Crippen LogP contribution >= 0.6 is 0 Å². The number of rotatable bonds is 1. The molecule has 3 N–H and O–H groups in total. The Morgan fingerprint density at radius 2 is 1.65 bits per heavy atom. The molecule has 0 saturated heterocycles. The van der Waals surface area contributed by atoms with Gasteiger partial charge in [-0.05, 0) is 23.8 Å². The van der Waals surface area contributed by atoms with Gasteiger partial charge >= 0.3 is 0 Å². The highest BCUT2D eigenvalue weighted by Crippen LogP contribution is 2.40. The predicted molar refractivity (Wildman–Crippen MR) is 70.8 cm³/mol. The molecule has 1 heterocycles. The number of phenols is 3. The van der Waals surface area contributed by atoms with E-state index in [9.17, 15) is 20.1 Å². The fourth-order valence-corrected chi connectivity index (χ4v) is 2.00. The van der Waals surface area contributed by atoms with Crippen molar-refractivity contribution in [2.75, 3.05) is 0 Å². The van der Waals surface area contributed by atoms with Gasteiger partial charge < -0.3 is 20.1 Å². The summed E-state index contributed by atoms with van der Waals surface area (Å²) in [6.45, 7) is 0. The van der Waals surface area contributed by atoms with E-state index in [1.54, 1.807) is 12.1 Å². The fraction of sp³-hybridized carbons (Fsp3) is 0. The molecule has 0 atom stereocenters. The number of hydrogen-bond acceptors (Lipinski definition) is 5. The summed E-state index contributed by atoms with van der Waals surface area (Å²) < 4.78 is 5.34. The molecular weight excluding hydrogens is 260 g/mol. The summed E-state index contributed by atoms with van der Waals surface area (Å²) in [7, 11) is 0. The number of fused-ring (bicyclic) bond motifs is 1. The number of carbonyl (C=O) groups is 1. The maximum atomic E-state index is 12.1. The van der Waals surface area contributed by atoms with E-state index in [2.05, 4.69) is 0 Å². The lowest BCUT2D eigenvalue weighted by molar-refractivity contribution is 0.101. The predicted octanol–water partition coefficient (Wildman–Crippen LogP) is 2.42. The quantitative estimate of drug-likeness (QED) is 0.693. The minimum atomic E-state index is -0.453. The van der Waals surface area contributed by atoms with Crippen LogP contribution in [0.5, 0.6) is 23.0 Å². The molecule has 5 heteroatoms. The van der Waals surface area contributed by atoms with Crippen LogP contribution in [0.2, 0.25) is 0 Å².